The zero-order valence-electron chi connectivity index (χ0n) is 17.8. The van der Waals surface area contributed by atoms with Gasteiger partial charge in [-0.25, -0.2) is 25.0 Å². The fraction of sp³-hybridized carbons (Fsp3) is 0.174. The molecule has 0 N–H and O–H groups in total. The number of aromatic nitrogens is 1. The molecule has 8 nitrogen and oxygen atoms in total. The van der Waals surface area contributed by atoms with E-state index in [1.54, 1.807) is 16.2 Å². The van der Waals surface area contributed by atoms with Crippen molar-refractivity contribution in [3.05, 3.63) is 70.7 Å². The predicted octanol–water partition coefficient (Wildman–Crippen LogP) is 4.33. The number of carbonyl (C=O) groups is 2. The molecule has 0 spiro atoms. The molecular formula is C23H20N6O2S. The molecule has 2 aromatic carbocycles. The number of amides is 2. The molecule has 32 heavy (non-hydrogen) atoms. The number of hydrogen-bond acceptors (Lipinski definition) is 7. The Labute approximate surface area is 189 Å². The smallest absolute Gasteiger partial charge is 0.240 e. The Morgan fingerprint density at radius 1 is 1.06 bits per heavy atom. The summed E-state index contributed by atoms with van der Waals surface area (Å²) in [6.07, 6.45) is 0.959. The normalized spacial score (nSPS) is 16.5. The minimum absolute atomic E-state index is 0.144. The lowest BCUT2D eigenvalue weighted by molar-refractivity contribution is -0.138. The van der Waals surface area contributed by atoms with Gasteiger partial charge in [-0.15, -0.1) is 11.3 Å². The Balaban J connectivity index is 1.54. The van der Waals surface area contributed by atoms with Crippen molar-refractivity contribution < 1.29 is 9.59 Å². The van der Waals surface area contributed by atoms with Gasteiger partial charge in [0.05, 0.1) is 11.4 Å². The van der Waals surface area contributed by atoms with E-state index in [4.69, 9.17) is 9.98 Å². The first-order chi connectivity index (χ1) is 15.4. The molecule has 2 aliphatic heterocycles. The number of hydrazine groups is 1. The quantitative estimate of drug-likeness (QED) is 0.602. The van der Waals surface area contributed by atoms with Crippen LogP contribution in [0.15, 0.2) is 63.9 Å². The summed E-state index contributed by atoms with van der Waals surface area (Å²) in [6.45, 7) is 4.99. The number of carbonyl (C=O) groups excluding carboxylic acids is 2. The Morgan fingerprint density at radius 2 is 1.81 bits per heavy atom. The van der Waals surface area contributed by atoms with Gasteiger partial charge in [0, 0.05) is 24.8 Å². The third kappa shape index (κ3) is 3.27. The number of para-hydroxylation sites is 1. The van der Waals surface area contributed by atoms with E-state index in [0.717, 1.165) is 22.5 Å². The Morgan fingerprint density at radius 3 is 2.53 bits per heavy atom. The summed E-state index contributed by atoms with van der Waals surface area (Å²) in [5, 5.41) is 5.55. The van der Waals surface area contributed by atoms with E-state index in [9.17, 15) is 9.59 Å². The van der Waals surface area contributed by atoms with Crippen molar-refractivity contribution in [1.82, 2.24) is 15.0 Å². The van der Waals surface area contributed by atoms with Crippen molar-refractivity contribution in [3.8, 4) is 0 Å². The van der Waals surface area contributed by atoms with Crippen LogP contribution in [0.25, 0.3) is 0 Å². The zero-order valence-corrected chi connectivity index (χ0v) is 18.6. The molecule has 0 fully saturated rings. The lowest BCUT2D eigenvalue weighted by atomic mass is 10.1. The number of rotatable bonds is 3. The minimum atomic E-state index is -0.642. The molecule has 9 heteroatoms. The van der Waals surface area contributed by atoms with Gasteiger partial charge in [0.2, 0.25) is 11.8 Å². The van der Waals surface area contributed by atoms with Crippen molar-refractivity contribution in [2.45, 2.75) is 26.9 Å². The Kier molecular flexibility index (Phi) is 4.82. The number of nitrogens with zero attached hydrogens (tertiary/aromatic N) is 6. The first-order valence-electron chi connectivity index (χ1n) is 10.1. The van der Waals surface area contributed by atoms with Crippen LogP contribution in [0.3, 0.4) is 0 Å². The topological polar surface area (TPSA) is 81.5 Å². The molecule has 0 radical (unpaired) electrons. The number of thiazole rings is 1. The zero-order chi connectivity index (χ0) is 22.4. The van der Waals surface area contributed by atoms with Crippen molar-refractivity contribution >= 4 is 51.8 Å². The van der Waals surface area contributed by atoms with Crippen molar-refractivity contribution in [1.29, 1.82) is 0 Å². The van der Waals surface area contributed by atoms with Gasteiger partial charge in [-0.05, 0) is 31.2 Å². The Bertz CT molecular complexity index is 1280. The van der Waals surface area contributed by atoms with E-state index in [1.807, 2.05) is 60.8 Å². The summed E-state index contributed by atoms with van der Waals surface area (Å²) < 4.78 is 0. The molecule has 2 aliphatic rings. The van der Waals surface area contributed by atoms with E-state index in [2.05, 4.69) is 4.99 Å². The first-order valence-corrected chi connectivity index (χ1v) is 10.9. The summed E-state index contributed by atoms with van der Waals surface area (Å²) in [5.74, 6) is 0.317. The van der Waals surface area contributed by atoms with Gasteiger partial charge >= 0.3 is 0 Å². The van der Waals surface area contributed by atoms with Crippen LogP contribution in [-0.4, -0.2) is 39.0 Å². The summed E-state index contributed by atoms with van der Waals surface area (Å²) in [5.41, 5.74) is 4.08. The summed E-state index contributed by atoms with van der Waals surface area (Å²) in [4.78, 5) is 40.6. The standard InChI is InChI=1S/C23H20N6O2S/c1-14-8-10-17(11-9-14)28(15(2)30)23-25-20(12-32-23)22-26-21-18-6-4-5-7-19(18)24-13-27(21)29(22)16(3)31/h4-13,22H,1-3H3. The average molecular weight is 445 g/mol. The van der Waals surface area contributed by atoms with Crippen LogP contribution in [0.2, 0.25) is 0 Å². The molecule has 0 bridgehead atoms. The summed E-state index contributed by atoms with van der Waals surface area (Å²) in [6, 6.07) is 15.4. The van der Waals surface area contributed by atoms with Crippen LogP contribution in [-0.2, 0) is 9.59 Å². The number of fused-ring (bicyclic) bond motifs is 3. The molecule has 5 rings (SSSR count). The molecular weight excluding hydrogens is 424 g/mol. The molecule has 0 aliphatic carbocycles. The third-order valence-corrected chi connectivity index (χ3v) is 6.12. The van der Waals surface area contributed by atoms with Gasteiger partial charge in [-0.3, -0.25) is 14.5 Å². The second-order valence-corrected chi connectivity index (χ2v) is 8.38. The molecule has 3 aromatic rings. The molecule has 2 amide bonds. The highest BCUT2D eigenvalue weighted by atomic mass is 32.1. The van der Waals surface area contributed by atoms with Crippen LogP contribution in [0.1, 0.15) is 36.8 Å². The largest absolute Gasteiger partial charge is 0.274 e. The van der Waals surface area contributed by atoms with Gasteiger partial charge in [-0.1, -0.05) is 29.8 Å². The highest BCUT2D eigenvalue weighted by Crippen LogP contribution is 2.38. The van der Waals surface area contributed by atoms with Crippen LogP contribution in [0.5, 0.6) is 0 Å². The van der Waals surface area contributed by atoms with E-state index >= 15 is 0 Å². The van der Waals surface area contributed by atoms with E-state index < -0.39 is 6.17 Å². The second-order valence-electron chi connectivity index (χ2n) is 7.54. The molecule has 1 unspecified atom stereocenters. The number of anilines is 2. The third-order valence-electron chi connectivity index (χ3n) is 5.27. The number of hydrogen-bond donors (Lipinski definition) is 0. The highest BCUT2D eigenvalue weighted by molar-refractivity contribution is 7.14. The minimum Gasteiger partial charge on any atom is -0.274 e. The molecule has 160 valence electrons. The van der Waals surface area contributed by atoms with Gasteiger partial charge in [0.25, 0.3) is 0 Å². The average Bonchev–Trinajstić information content (AvgIpc) is 3.40. The van der Waals surface area contributed by atoms with Crippen LogP contribution in [0, 0.1) is 6.92 Å². The van der Waals surface area contributed by atoms with Crippen LogP contribution < -0.4 is 4.90 Å². The van der Waals surface area contributed by atoms with Crippen LogP contribution in [0.4, 0.5) is 16.5 Å². The summed E-state index contributed by atoms with van der Waals surface area (Å²) in [7, 11) is 0. The van der Waals surface area contributed by atoms with Crippen molar-refractivity contribution in [2.24, 2.45) is 9.98 Å². The van der Waals surface area contributed by atoms with Gasteiger partial charge in [0.15, 0.2) is 17.1 Å². The lowest BCUT2D eigenvalue weighted by Crippen LogP contribution is -2.45. The number of aliphatic imine (C=N–C) groups is 2. The van der Waals surface area contributed by atoms with Gasteiger partial charge in [-0.2, -0.15) is 0 Å². The molecule has 0 saturated heterocycles. The van der Waals surface area contributed by atoms with Gasteiger partial charge in [0.1, 0.15) is 12.0 Å². The second kappa shape index (κ2) is 7.69. The molecule has 0 saturated carbocycles. The van der Waals surface area contributed by atoms with E-state index in [-0.39, 0.29) is 11.8 Å². The van der Waals surface area contributed by atoms with E-state index in [0.29, 0.717) is 16.7 Å². The van der Waals surface area contributed by atoms with Crippen LogP contribution >= 0.6 is 11.3 Å². The lowest BCUT2D eigenvalue weighted by Gasteiger charge is -2.30. The van der Waals surface area contributed by atoms with Crippen molar-refractivity contribution in [2.75, 3.05) is 4.90 Å². The summed E-state index contributed by atoms with van der Waals surface area (Å²) >= 11 is 1.34. The maximum Gasteiger partial charge on any atom is 0.240 e. The highest BCUT2D eigenvalue weighted by Gasteiger charge is 2.40. The van der Waals surface area contributed by atoms with Crippen molar-refractivity contribution in [3.63, 3.8) is 0 Å². The molecule has 1 aromatic heterocycles. The first kappa shape index (κ1) is 20.1. The maximum atomic E-state index is 12.6. The van der Waals surface area contributed by atoms with Gasteiger partial charge < -0.3 is 0 Å². The predicted molar refractivity (Wildman–Crippen MR) is 124 cm³/mol. The molecule has 1 atom stereocenters. The molecule has 3 heterocycles. The number of benzene rings is 2. The fourth-order valence-corrected chi connectivity index (χ4v) is 4.68. The monoisotopic (exact) mass is 444 g/mol. The maximum absolute atomic E-state index is 12.6. The fourth-order valence-electron chi connectivity index (χ4n) is 3.78. The SMILES string of the molecule is CC(=O)N(c1ccc(C)cc1)c1nc(C2N=C3c4ccccc4N=CN3N2C(C)=O)cs1. The Hall–Kier alpha value is -3.85. The number of aryl methyl sites for hydroxylation is 1. The van der Waals surface area contributed by atoms with E-state index in [1.165, 1.54) is 30.2 Å². The number of amidine groups is 1.